The normalized spacial score (nSPS) is 21.8. The summed E-state index contributed by atoms with van der Waals surface area (Å²) in [6.45, 7) is 6.37. The predicted octanol–water partition coefficient (Wildman–Crippen LogP) is 4.91. The van der Waals surface area contributed by atoms with Crippen molar-refractivity contribution in [2.24, 2.45) is 0 Å². The molecule has 0 radical (unpaired) electrons. The molecule has 6 nitrogen and oxygen atoms in total. The van der Waals surface area contributed by atoms with Gasteiger partial charge in [-0.3, -0.25) is 4.90 Å². The Balaban J connectivity index is 1.68. The van der Waals surface area contributed by atoms with Crippen LogP contribution in [0.4, 0.5) is 19.4 Å². The first-order valence-electron chi connectivity index (χ1n) is 9.32. The van der Waals surface area contributed by atoms with E-state index in [0.29, 0.717) is 18.5 Å². The molecule has 4 rings (SSSR count). The number of benzene rings is 1. The molecule has 2 saturated heterocycles. The summed E-state index contributed by atoms with van der Waals surface area (Å²) in [5.74, 6) is -0.452. The Labute approximate surface area is 180 Å². The molecule has 10 heteroatoms. The van der Waals surface area contributed by atoms with Crippen molar-refractivity contribution in [1.29, 1.82) is 0 Å². The minimum atomic E-state index is -1.01. The van der Waals surface area contributed by atoms with Gasteiger partial charge in [0.25, 0.3) is 0 Å². The van der Waals surface area contributed by atoms with Gasteiger partial charge in [-0.1, -0.05) is 11.6 Å². The second kappa shape index (κ2) is 7.19. The first-order chi connectivity index (χ1) is 13.5. The Morgan fingerprint density at radius 1 is 1.24 bits per heavy atom. The lowest BCUT2D eigenvalue weighted by molar-refractivity contribution is 0.0123. The lowest BCUT2D eigenvalue weighted by Crippen LogP contribution is -2.57. The van der Waals surface area contributed by atoms with Crippen LogP contribution in [0.25, 0.3) is 10.9 Å². The van der Waals surface area contributed by atoms with Gasteiger partial charge >= 0.3 is 12.2 Å². The summed E-state index contributed by atoms with van der Waals surface area (Å²) in [7, 11) is 0. The number of anilines is 1. The molecule has 1 amide bonds. The second-order valence-corrected chi connectivity index (χ2v) is 9.58. The highest BCUT2D eigenvalue weighted by atomic mass is 79.9. The number of hydrogen-bond acceptors (Lipinski definition) is 5. The maximum atomic E-state index is 14.6. The molecule has 2 aromatic rings. The van der Waals surface area contributed by atoms with Crippen molar-refractivity contribution in [2.45, 2.75) is 51.3 Å². The monoisotopic (exact) mass is 488 g/mol. The van der Waals surface area contributed by atoms with Gasteiger partial charge in [0.05, 0.1) is 21.6 Å². The third-order valence-corrected chi connectivity index (χ3v) is 6.47. The average molecular weight is 490 g/mol. The molecule has 1 aromatic heterocycles. The summed E-state index contributed by atoms with van der Waals surface area (Å²) in [4.78, 5) is 23.8. The standard InChI is InChI=1S/C19H20BrClF2N4O2/c1-19(2,3)29-18(28)27-9-4-5-10(27)8-26(7-9)16-11-6-12(21)13(20)14(22)15(11)24-17(23)25-16/h6,9-10H,4-5,7-8H2,1-3H3/t9-,10?/m0/s1. The van der Waals surface area contributed by atoms with E-state index in [1.807, 2.05) is 25.7 Å². The van der Waals surface area contributed by atoms with Crippen molar-refractivity contribution in [3.63, 3.8) is 0 Å². The Bertz CT molecular complexity index is 987. The van der Waals surface area contributed by atoms with Gasteiger partial charge in [0.15, 0.2) is 5.82 Å². The van der Waals surface area contributed by atoms with Crippen LogP contribution < -0.4 is 4.90 Å². The molecule has 2 aliphatic heterocycles. The van der Waals surface area contributed by atoms with E-state index in [9.17, 15) is 13.6 Å². The number of nitrogens with zero attached hydrogens (tertiary/aromatic N) is 4. The van der Waals surface area contributed by atoms with Crippen LogP contribution in [0.2, 0.25) is 5.02 Å². The lowest BCUT2D eigenvalue weighted by Gasteiger charge is -2.42. The van der Waals surface area contributed by atoms with E-state index in [0.717, 1.165) is 12.8 Å². The van der Waals surface area contributed by atoms with E-state index >= 15 is 0 Å². The Morgan fingerprint density at radius 2 is 1.86 bits per heavy atom. The molecule has 1 aromatic carbocycles. The number of halogens is 4. The lowest BCUT2D eigenvalue weighted by atomic mass is 10.1. The number of carbonyl (C=O) groups is 1. The van der Waals surface area contributed by atoms with E-state index in [2.05, 4.69) is 25.9 Å². The quantitative estimate of drug-likeness (QED) is 0.421. The Kier molecular flexibility index (Phi) is 5.09. The molecule has 1 unspecified atom stereocenters. The highest BCUT2D eigenvalue weighted by Crippen LogP contribution is 2.38. The molecular formula is C19H20BrClF2N4O2. The summed E-state index contributed by atoms with van der Waals surface area (Å²) >= 11 is 9.18. The van der Waals surface area contributed by atoms with Crippen molar-refractivity contribution < 1.29 is 18.3 Å². The van der Waals surface area contributed by atoms with E-state index in [4.69, 9.17) is 16.3 Å². The van der Waals surface area contributed by atoms with Crippen molar-refractivity contribution in [1.82, 2.24) is 14.9 Å². The van der Waals surface area contributed by atoms with Gasteiger partial charge in [0, 0.05) is 18.5 Å². The maximum Gasteiger partial charge on any atom is 0.410 e. The molecule has 2 atom stereocenters. The number of carbonyl (C=O) groups excluding carboxylic acids is 1. The third-order valence-electron chi connectivity index (χ3n) is 5.17. The first kappa shape index (κ1) is 20.5. The number of rotatable bonds is 1. The minimum Gasteiger partial charge on any atom is -0.444 e. The molecule has 2 aliphatic rings. The van der Waals surface area contributed by atoms with Gasteiger partial charge in [-0.15, -0.1) is 0 Å². The molecule has 2 fully saturated rings. The van der Waals surface area contributed by atoms with E-state index in [1.165, 1.54) is 6.07 Å². The Morgan fingerprint density at radius 3 is 2.45 bits per heavy atom. The third kappa shape index (κ3) is 3.74. The van der Waals surface area contributed by atoms with Gasteiger partial charge in [0.2, 0.25) is 0 Å². The number of ether oxygens (including phenoxy) is 1. The molecule has 156 valence electrons. The van der Waals surface area contributed by atoms with Crippen LogP contribution in [0.1, 0.15) is 33.6 Å². The smallest absolute Gasteiger partial charge is 0.410 e. The summed E-state index contributed by atoms with van der Waals surface area (Å²) in [6, 6.07) is 1.35. The number of piperazine rings is 1. The van der Waals surface area contributed by atoms with Crippen LogP contribution >= 0.6 is 27.5 Å². The number of fused-ring (bicyclic) bond motifs is 3. The summed E-state index contributed by atoms with van der Waals surface area (Å²) in [5.41, 5.74) is -0.716. The van der Waals surface area contributed by atoms with Crippen LogP contribution in [0.5, 0.6) is 0 Å². The van der Waals surface area contributed by atoms with Crippen LogP contribution in [-0.4, -0.2) is 51.7 Å². The van der Waals surface area contributed by atoms with E-state index in [-0.39, 0.29) is 39.0 Å². The zero-order valence-electron chi connectivity index (χ0n) is 16.2. The summed E-state index contributed by atoms with van der Waals surface area (Å²) < 4.78 is 34.3. The van der Waals surface area contributed by atoms with E-state index < -0.39 is 17.5 Å². The SMILES string of the molecule is CC(C)(C)OC(=O)N1C2CC[C@H]1CN(c1nc(F)nc3c(F)c(Br)c(Cl)cc13)C2. The predicted molar refractivity (Wildman–Crippen MR) is 109 cm³/mol. The largest absolute Gasteiger partial charge is 0.444 e. The zero-order chi connectivity index (χ0) is 21.1. The Hall–Kier alpha value is -1.74. The van der Waals surface area contributed by atoms with Crippen LogP contribution in [0, 0.1) is 11.9 Å². The van der Waals surface area contributed by atoms with Crippen molar-refractivity contribution in [3.05, 3.63) is 27.5 Å². The summed E-state index contributed by atoms with van der Waals surface area (Å²) in [6.07, 6.45) is 0.267. The first-order valence-corrected chi connectivity index (χ1v) is 10.5. The topological polar surface area (TPSA) is 58.6 Å². The number of amides is 1. The highest BCUT2D eigenvalue weighted by molar-refractivity contribution is 9.10. The molecule has 0 saturated carbocycles. The fraction of sp³-hybridized carbons (Fsp3) is 0.526. The fourth-order valence-corrected chi connectivity index (χ4v) is 4.55. The van der Waals surface area contributed by atoms with Crippen molar-refractivity contribution >= 4 is 50.3 Å². The molecule has 0 N–H and O–H groups in total. The van der Waals surface area contributed by atoms with Gasteiger partial charge in [-0.2, -0.15) is 14.4 Å². The van der Waals surface area contributed by atoms with E-state index in [1.54, 1.807) is 4.90 Å². The van der Waals surface area contributed by atoms with Crippen molar-refractivity contribution in [2.75, 3.05) is 18.0 Å². The van der Waals surface area contributed by atoms with Gasteiger partial charge in [-0.25, -0.2) is 9.18 Å². The van der Waals surface area contributed by atoms with Crippen LogP contribution in [0.3, 0.4) is 0 Å². The molecule has 2 bridgehead atoms. The second-order valence-electron chi connectivity index (χ2n) is 8.38. The maximum absolute atomic E-state index is 14.6. The zero-order valence-corrected chi connectivity index (χ0v) is 18.5. The van der Waals surface area contributed by atoms with Gasteiger partial charge < -0.3 is 9.64 Å². The molecule has 0 spiro atoms. The minimum absolute atomic E-state index is 0.0329. The van der Waals surface area contributed by atoms with Crippen LogP contribution in [-0.2, 0) is 4.74 Å². The highest BCUT2D eigenvalue weighted by Gasteiger charge is 2.45. The molecule has 29 heavy (non-hydrogen) atoms. The number of hydrogen-bond donors (Lipinski definition) is 0. The van der Waals surface area contributed by atoms with Crippen LogP contribution in [0.15, 0.2) is 10.5 Å². The number of aromatic nitrogens is 2. The fourth-order valence-electron chi connectivity index (χ4n) is 4.06. The van der Waals surface area contributed by atoms with Gasteiger partial charge in [-0.05, 0) is 55.6 Å². The summed E-state index contributed by atoms with van der Waals surface area (Å²) in [5, 5.41) is 0.490. The van der Waals surface area contributed by atoms with Gasteiger partial charge in [0.1, 0.15) is 16.9 Å². The molecular weight excluding hydrogens is 470 g/mol. The average Bonchev–Trinajstić information content (AvgIpc) is 2.89. The molecule has 3 heterocycles. The van der Waals surface area contributed by atoms with Crippen molar-refractivity contribution in [3.8, 4) is 0 Å². The molecule has 0 aliphatic carbocycles.